The highest BCUT2D eigenvalue weighted by Crippen LogP contribution is 2.25. The van der Waals surface area contributed by atoms with Gasteiger partial charge in [0.2, 0.25) is 0 Å². The van der Waals surface area contributed by atoms with Crippen molar-refractivity contribution in [3.63, 3.8) is 0 Å². The van der Waals surface area contributed by atoms with Gasteiger partial charge in [-0.2, -0.15) is 0 Å². The van der Waals surface area contributed by atoms with Gasteiger partial charge in [-0.3, -0.25) is 14.5 Å². The fraction of sp³-hybridized carbons (Fsp3) is 0.118. The molecule has 2 amide bonds. The first kappa shape index (κ1) is 14.9. The van der Waals surface area contributed by atoms with E-state index in [9.17, 15) is 18.8 Å². The Morgan fingerprint density at radius 2 is 1.65 bits per heavy atom. The second-order valence-electron chi connectivity index (χ2n) is 5.08. The molecule has 0 radical (unpaired) electrons. The number of nitrogens with zero attached hydrogens (tertiary/aromatic N) is 1. The minimum absolute atomic E-state index is 0.0125. The third kappa shape index (κ3) is 2.59. The fourth-order valence-electron chi connectivity index (χ4n) is 2.40. The van der Waals surface area contributed by atoms with E-state index < -0.39 is 29.6 Å². The molecule has 0 bridgehead atoms. The van der Waals surface area contributed by atoms with Crippen LogP contribution in [0.1, 0.15) is 27.6 Å². The number of carbonyl (C=O) groups is 3. The Kier molecular flexibility index (Phi) is 3.65. The summed E-state index contributed by atoms with van der Waals surface area (Å²) >= 11 is 0. The Morgan fingerprint density at radius 1 is 1.04 bits per heavy atom. The second kappa shape index (κ2) is 5.64. The average Bonchev–Trinajstić information content (AvgIpc) is 2.79. The van der Waals surface area contributed by atoms with Crippen molar-refractivity contribution in [2.75, 3.05) is 0 Å². The molecule has 1 aliphatic heterocycles. The van der Waals surface area contributed by atoms with E-state index in [2.05, 4.69) is 0 Å². The molecule has 0 fully saturated rings. The van der Waals surface area contributed by atoms with E-state index in [0.29, 0.717) is 0 Å². The third-order valence-electron chi connectivity index (χ3n) is 3.57. The van der Waals surface area contributed by atoms with E-state index in [4.69, 9.17) is 4.74 Å². The zero-order chi connectivity index (χ0) is 16.6. The van der Waals surface area contributed by atoms with Gasteiger partial charge >= 0.3 is 5.97 Å². The van der Waals surface area contributed by atoms with E-state index >= 15 is 0 Å². The predicted molar refractivity (Wildman–Crippen MR) is 78.4 cm³/mol. The van der Waals surface area contributed by atoms with Crippen molar-refractivity contribution in [1.82, 2.24) is 4.90 Å². The number of hydrogen-bond acceptors (Lipinski definition) is 4. The Morgan fingerprint density at radius 3 is 2.22 bits per heavy atom. The zero-order valence-electron chi connectivity index (χ0n) is 12.2. The van der Waals surface area contributed by atoms with Gasteiger partial charge in [0.15, 0.2) is 0 Å². The van der Waals surface area contributed by atoms with Gasteiger partial charge in [0, 0.05) is 6.07 Å². The van der Waals surface area contributed by atoms with Crippen LogP contribution in [0.3, 0.4) is 0 Å². The molecular formula is C17H12FNO4. The lowest BCUT2D eigenvalue weighted by Crippen LogP contribution is -2.44. The Bertz CT molecular complexity index is 783. The number of rotatable bonds is 3. The predicted octanol–water partition coefficient (Wildman–Crippen LogP) is 2.42. The molecule has 23 heavy (non-hydrogen) atoms. The lowest BCUT2D eigenvalue weighted by molar-refractivity contribution is -0.138. The summed E-state index contributed by atoms with van der Waals surface area (Å²) in [5, 5.41) is 0. The van der Waals surface area contributed by atoms with Crippen LogP contribution < -0.4 is 4.74 Å². The van der Waals surface area contributed by atoms with Gasteiger partial charge in [0.25, 0.3) is 11.8 Å². The Labute approximate surface area is 131 Å². The zero-order valence-corrected chi connectivity index (χ0v) is 12.2. The standard InChI is InChI=1S/C17H12FNO4/c1-10(17(22)23-12-6-4-5-11(18)9-12)19-15(20)13-7-2-3-8-14(13)16(19)21/h2-10H,1H3/t10-/m0/s1. The van der Waals surface area contributed by atoms with Crippen LogP contribution in [0.25, 0.3) is 0 Å². The molecule has 1 atom stereocenters. The molecule has 0 N–H and O–H groups in total. The van der Waals surface area contributed by atoms with Crippen molar-refractivity contribution in [3.05, 3.63) is 65.5 Å². The molecule has 1 aliphatic rings. The van der Waals surface area contributed by atoms with Crippen LogP contribution in [0.5, 0.6) is 5.75 Å². The summed E-state index contributed by atoms with van der Waals surface area (Å²) in [6, 6.07) is 10.3. The van der Waals surface area contributed by atoms with Crippen LogP contribution in [0.15, 0.2) is 48.5 Å². The summed E-state index contributed by atoms with van der Waals surface area (Å²) < 4.78 is 18.2. The first-order chi connectivity index (χ1) is 11.0. The van der Waals surface area contributed by atoms with E-state index in [-0.39, 0.29) is 16.9 Å². The smallest absolute Gasteiger partial charge is 0.334 e. The van der Waals surface area contributed by atoms with Crippen molar-refractivity contribution < 1.29 is 23.5 Å². The van der Waals surface area contributed by atoms with Crippen molar-refractivity contribution >= 4 is 17.8 Å². The fourth-order valence-corrected chi connectivity index (χ4v) is 2.40. The van der Waals surface area contributed by atoms with E-state index in [0.717, 1.165) is 11.0 Å². The highest BCUT2D eigenvalue weighted by Gasteiger charge is 2.41. The number of hydrogen-bond donors (Lipinski definition) is 0. The van der Waals surface area contributed by atoms with Crippen LogP contribution in [0.4, 0.5) is 4.39 Å². The molecule has 2 aromatic carbocycles. The normalized spacial score (nSPS) is 14.6. The van der Waals surface area contributed by atoms with Gasteiger partial charge in [-0.15, -0.1) is 0 Å². The molecule has 2 aromatic rings. The monoisotopic (exact) mass is 313 g/mol. The SMILES string of the molecule is C[C@@H](C(=O)Oc1cccc(F)c1)N1C(=O)c2ccccc2C1=O. The number of ether oxygens (including phenoxy) is 1. The topological polar surface area (TPSA) is 63.7 Å². The van der Waals surface area contributed by atoms with Crippen LogP contribution in [-0.2, 0) is 4.79 Å². The quantitative estimate of drug-likeness (QED) is 0.496. The minimum atomic E-state index is -1.12. The lowest BCUT2D eigenvalue weighted by atomic mass is 10.1. The van der Waals surface area contributed by atoms with Crippen LogP contribution in [-0.4, -0.2) is 28.7 Å². The molecule has 0 aliphatic carbocycles. The van der Waals surface area contributed by atoms with Crippen LogP contribution in [0.2, 0.25) is 0 Å². The lowest BCUT2D eigenvalue weighted by Gasteiger charge is -2.20. The highest BCUT2D eigenvalue weighted by atomic mass is 19.1. The van der Waals surface area contributed by atoms with Crippen molar-refractivity contribution in [2.45, 2.75) is 13.0 Å². The van der Waals surface area contributed by atoms with Crippen LogP contribution >= 0.6 is 0 Å². The van der Waals surface area contributed by atoms with Crippen molar-refractivity contribution in [1.29, 1.82) is 0 Å². The Balaban J connectivity index is 1.81. The van der Waals surface area contributed by atoms with Gasteiger partial charge in [-0.1, -0.05) is 18.2 Å². The molecule has 0 unspecified atom stereocenters. The summed E-state index contributed by atoms with van der Waals surface area (Å²) in [5.41, 5.74) is 0.505. The number of benzene rings is 2. The maximum Gasteiger partial charge on any atom is 0.334 e. The largest absolute Gasteiger partial charge is 0.425 e. The second-order valence-corrected chi connectivity index (χ2v) is 5.08. The first-order valence-electron chi connectivity index (χ1n) is 6.93. The molecule has 0 saturated carbocycles. The molecule has 6 heteroatoms. The average molecular weight is 313 g/mol. The molecule has 5 nitrogen and oxygen atoms in total. The maximum absolute atomic E-state index is 13.1. The molecule has 0 aromatic heterocycles. The van der Waals surface area contributed by atoms with Gasteiger partial charge in [0.1, 0.15) is 17.6 Å². The minimum Gasteiger partial charge on any atom is -0.425 e. The third-order valence-corrected chi connectivity index (χ3v) is 3.57. The van der Waals surface area contributed by atoms with Gasteiger partial charge in [-0.25, -0.2) is 9.18 Å². The summed E-state index contributed by atoms with van der Waals surface area (Å²) in [6.45, 7) is 1.39. The summed E-state index contributed by atoms with van der Waals surface area (Å²) in [5.74, 6) is -2.45. The van der Waals surface area contributed by atoms with Crippen molar-refractivity contribution in [3.8, 4) is 5.75 Å². The number of carbonyl (C=O) groups excluding carboxylic acids is 3. The Hall–Kier alpha value is -3.02. The number of esters is 1. The molecule has 116 valence electrons. The maximum atomic E-state index is 13.1. The first-order valence-corrected chi connectivity index (χ1v) is 6.93. The summed E-state index contributed by atoms with van der Waals surface area (Å²) in [7, 11) is 0. The highest BCUT2D eigenvalue weighted by molar-refractivity contribution is 6.22. The molecular weight excluding hydrogens is 301 g/mol. The van der Waals surface area contributed by atoms with Gasteiger partial charge in [0.05, 0.1) is 11.1 Å². The number of halogens is 1. The van der Waals surface area contributed by atoms with Crippen LogP contribution in [0, 0.1) is 5.82 Å². The van der Waals surface area contributed by atoms with Crippen molar-refractivity contribution in [2.24, 2.45) is 0 Å². The molecule has 0 spiro atoms. The number of fused-ring (bicyclic) bond motifs is 1. The summed E-state index contributed by atoms with van der Waals surface area (Å²) in [6.07, 6.45) is 0. The molecule has 3 rings (SSSR count). The molecule has 1 heterocycles. The number of amides is 2. The summed E-state index contributed by atoms with van der Waals surface area (Å²) in [4.78, 5) is 37.6. The molecule has 0 saturated heterocycles. The van der Waals surface area contributed by atoms with E-state index in [1.54, 1.807) is 12.1 Å². The van der Waals surface area contributed by atoms with Gasteiger partial charge in [-0.05, 0) is 31.2 Å². The van der Waals surface area contributed by atoms with Gasteiger partial charge < -0.3 is 4.74 Å². The number of imide groups is 1. The van der Waals surface area contributed by atoms with E-state index in [1.165, 1.54) is 37.3 Å². The van der Waals surface area contributed by atoms with E-state index in [1.807, 2.05) is 0 Å².